The van der Waals surface area contributed by atoms with Crippen LogP contribution in [0.2, 0.25) is 0 Å². The van der Waals surface area contributed by atoms with Gasteiger partial charge in [0.15, 0.2) is 5.78 Å². The molecule has 1 atom stereocenters. The Morgan fingerprint density at radius 1 is 1.17 bits per heavy atom. The molecule has 0 amide bonds. The quantitative estimate of drug-likeness (QED) is 0.743. The number of piperazine rings is 1. The number of hydrogen-bond acceptors (Lipinski definition) is 3. The molecule has 1 saturated heterocycles. The molecule has 1 aromatic carbocycles. The molecule has 0 bridgehead atoms. The van der Waals surface area contributed by atoms with E-state index < -0.39 is 0 Å². The summed E-state index contributed by atoms with van der Waals surface area (Å²) in [6.45, 7) is 6.94. The summed E-state index contributed by atoms with van der Waals surface area (Å²) >= 11 is 0. The number of hydrogen-bond donors (Lipinski definition) is 0. The van der Waals surface area contributed by atoms with Crippen molar-refractivity contribution in [3.63, 3.8) is 0 Å². The summed E-state index contributed by atoms with van der Waals surface area (Å²) in [7, 11) is 4.12. The Kier molecular flexibility index (Phi) is 3.83. The van der Waals surface area contributed by atoms with Crippen LogP contribution in [0.1, 0.15) is 21.5 Å². The molecule has 1 aliphatic rings. The van der Waals surface area contributed by atoms with Crippen LogP contribution in [0.5, 0.6) is 0 Å². The van der Waals surface area contributed by atoms with Crippen molar-refractivity contribution in [1.82, 2.24) is 9.80 Å². The fourth-order valence-electron chi connectivity index (χ4n) is 2.38. The van der Waals surface area contributed by atoms with Crippen LogP contribution in [-0.2, 0) is 0 Å². The minimum Gasteiger partial charge on any atom is -0.303 e. The Balaban J connectivity index is 2.21. The van der Waals surface area contributed by atoms with Crippen molar-refractivity contribution in [2.75, 3.05) is 33.7 Å². The molecule has 18 heavy (non-hydrogen) atoms. The van der Waals surface area contributed by atoms with Gasteiger partial charge in [0.2, 0.25) is 0 Å². The molecule has 0 aromatic heterocycles. The Morgan fingerprint density at radius 2 is 1.89 bits per heavy atom. The minimum absolute atomic E-state index is 0.00847. The number of aryl methyl sites for hydroxylation is 2. The van der Waals surface area contributed by atoms with E-state index in [2.05, 4.69) is 30.7 Å². The van der Waals surface area contributed by atoms with Crippen LogP contribution in [0.25, 0.3) is 0 Å². The standard InChI is InChI=1S/C15H22N2O/c1-11-5-6-13(9-12(11)2)15(18)14-10-16(3)7-8-17(14)4/h5-6,9,14H,7-8,10H2,1-4H3. The Labute approximate surface area is 109 Å². The summed E-state index contributed by atoms with van der Waals surface area (Å²) in [5.41, 5.74) is 3.26. The Morgan fingerprint density at radius 3 is 2.56 bits per heavy atom. The second-order valence-corrected chi connectivity index (χ2v) is 5.42. The molecular weight excluding hydrogens is 224 g/mol. The van der Waals surface area contributed by atoms with Gasteiger partial charge in [-0.3, -0.25) is 9.69 Å². The number of likely N-dealkylation sites (N-methyl/N-ethyl adjacent to an activating group) is 2. The number of nitrogens with zero attached hydrogens (tertiary/aromatic N) is 2. The zero-order valence-corrected chi connectivity index (χ0v) is 11.7. The van der Waals surface area contributed by atoms with Crippen molar-refractivity contribution in [2.45, 2.75) is 19.9 Å². The number of carbonyl (C=O) groups is 1. The highest BCUT2D eigenvalue weighted by Gasteiger charge is 2.29. The maximum atomic E-state index is 12.6. The van der Waals surface area contributed by atoms with Crippen molar-refractivity contribution >= 4 is 5.78 Å². The van der Waals surface area contributed by atoms with Crippen LogP contribution in [0.3, 0.4) is 0 Å². The average Bonchev–Trinajstić information content (AvgIpc) is 2.35. The highest BCUT2D eigenvalue weighted by molar-refractivity contribution is 6.00. The third kappa shape index (κ3) is 2.62. The third-order valence-corrected chi connectivity index (χ3v) is 3.95. The van der Waals surface area contributed by atoms with Crippen LogP contribution in [0, 0.1) is 13.8 Å². The molecule has 1 fully saturated rings. The summed E-state index contributed by atoms with van der Waals surface area (Å²) < 4.78 is 0. The summed E-state index contributed by atoms with van der Waals surface area (Å²) in [6, 6.07) is 5.99. The molecule has 0 spiro atoms. The highest BCUT2D eigenvalue weighted by Crippen LogP contribution is 2.16. The molecule has 1 aromatic rings. The predicted molar refractivity (Wildman–Crippen MR) is 74.2 cm³/mol. The number of ketones is 1. The maximum Gasteiger partial charge on any atom is 0.181 e. The number of benzene rings is 1. The second-order valence-electron chi connectivity index (χ2n) is 5.42. The van der Waals surface area contributed by atoms with Crippen LogP contribution in [-0.4, -0.2) is 55.4 Å². The third-order valence-electron chi connectivity index (χ3n) is 3.95. The molecule has 1 aliphatic heterocycles. The number of carbonyl (C=O) groups excluding carboxylic acids is 1. The molecule has 1 heterocycles. The van der Waals surface area contributed by atoms with E-state index in [9.17, 15) is 4.79 Å². The van der Waals surface area contributed by atoms with Gasteiger partial charge in [-0.2, -0.15) is 0 Å². The lowest BCUT2D eigenvalue weighted by atomic mass is 9.98. The van der Waals surface area contributed by atoms with Crippen molar-refractivity contribution < 1.29 is 4.79 Å². The van der Waals surface area contributed by atoms with E-state index in [0.717, 1.165) is 25.2 Å². The van der Waals surface area contributed by atoms with E-state index in [1.807, 2.05) is 25.2 Å². The van der Waals surface area contributed by atoms with Crippen LogP contribution < -0.4 is 0 Å². The van der Waals surface area contributed by atoms with Gasteiger partial charge in [-0.1, -0.05) is 12.1 Å². The largest absolute Gasteiger partial charge is 0.303 e. The van der Waals surface area contributed by atoms with Crippen molar-refractivity contribution in [3.8, 4) is 0 Å². The number of rotatable bonds is 2. The van der Waals surface area contributed by atoms with E-state index in [1.165, 1.54) is 11.1 Å². The topological polar surface area (TPSA) is 23.6 Å². The van der Waals surface area contributed by atoms with Crippen LogP contribution in [0.15, 0.2) is 18.2 Å². The molecule has 0 aliphatic carbocycles. The van der Waals surface area contributed by atoms with E-state index in [1.54, 1.807) is 0 Å². The van der Waals surface area contributed by atoms with Crippen LogP contribution >= 0.6 is 0 Å². The fourth-order valence-corrected chi connectivity index (χ4v) is 2.38. The van der Waals surface area contributed by atoms with Crippen LogP contribution in [0.4, 0.5) is 0 Å². The normalized spacial score (nSPS) is 22.1. The SMILES string of the molecule is Cc1ccc(C(=O)C2CN(C)CCN2C)cc1C. The first kappa shape index (κ1) is 13.2. The lowest BCUT2D eigenvalue weighted by molar-refractivity contribution is 0.0686. The van der Waals surface area contributed by atoms with Gasteiger partial charge in [-0.25, -0.2) is 0 Å². The van der Waals surface area contributed by atoms with Gasteiger partial charge in [-0.05, 0) is 45.1 Å². The second kappa shape index (κ2) is 5.21. The first-order valence-corrected chi connectivity index (χ1v) is 6.49. The van der Waals surface area contributed by atoms with Gasteiger partial charge in [0.25, 0.3) is 0 Å². The lowest BCUT2D eigenvalue weighted by Gasteiger charge is -2.36. The first-order valence-electron chi connectivity index (χ1n) is 6.49. The zero-order chi connectivity index (χ0) is 13.3. The molecular formula is C15H22N2O. The van der Waals surface area contributed by atoms with Crippen molar-refractivity contribution in [2.24, 2.45) is 0 Å². The smallest absolute Gasteiger partial charge is 0.181 e. The Bertz CT molecular complexity index is 456. The van der Waals surface area contributed by atoms with Crippen molar-refractivity contribution in [3.05, 3.63) is 34.9 Å². The molecule has 0 N–H and O–H groups in total. The van der Waals surface area contributed by atoms with E-state index in [0.29, 0.717) is 0 Å². The molecule has 98 valence electrons. The molecule has 3 nitrogen and oxygen atoms in total. The summed E-state index contributed by atoms with van der Waals surface area (Å²) in [5, 5.41) is 0. The van der Waals surface area contributed by atoms with Crippen molar-refractivity contribution in [1.29, 1.82) is 0 Å². The summed E-state index contributed by atoms with van der Waals surface area (Å²) in [6.07, 6.45) is 0. The number of Topliss-reactive ketones (excluding diaryl/α,β-unsaturated/α-hetero) is 1. The average molecular weight is 246 g/mol. The zero-order valence-electron chi connectivity index (χ0n) is 11.7. The molecule has 2 rings (SSSR count). The first-order chi connectivity index (χ1) is 8.49. The van der Waals surface area contributed by atoms with Gasteiger partial charge >= 0.3 is 0 Å². The van der Waals surface area contributed by atoms with E-state index in [4.69, 9.17) is 0 Å². The maximum absolute atomic E-state index is 12.6. The van der Waals surface area contributed by atoms with Gasteiger partial charge in [0.1, 0.15) is 0 Å². The van der Waals surface area contributed by atoms with Gasteiger partial charge in [-0.15, -0.1) is 0 Å². The summed E-state index contributed by atoms with van der Waals surface area (Å²) in [4.78, 5) is 16.9. The van der Waals surface area contributed by atoms with E-state index in [-0.39, 0.29) is 11.8 Å². The Hall–Kier alpha value is -1.19. The van der Waals surface area contributed by atoms with Gasteiger partial charge < -0.3 is 4.90 Å². The summed E-state index contributed by atoms with van der Waals surface area (Å²) in [5.74, 6) is 0.243. The lowest BCUT2D eigenvalue weighted by Crippen LogP contribution is -2.53. The minimum atomic E-state index is -0.00847. The fraction of sp³-hybridized carbons (Fsp3) is 0.533. The molecule has 1 unspecified atom stereocenters. The van der Waals surface area contributed by atoms with Gasteiger partial charge in [0, 0.05) is 25.2 Å². The molecule has 0 radical (unpaired) electrons. The molecule has 0 saturated carbocycles. The molecule has 3 heteroatoms. The monoisotopic (exact) mass is 246 g/mol. The van der Waals surface area contributed by atoms with E-state index >= 15 is 0 Å². The predicted octanol–water partition coefficient (Wildman–Crippen LogP) is 1.73. The highest BCUT2D eigenvalue weighted by atomic mass is 16.1. The van der Waals surface area contributed by atoms with Gasteiger partial charge in [0.05, 0.1) is 6.04 Å².